The average Bonchev–Trinajstić information content (AvgIpc) is 3.33. The van der Waals surface area contributed by atoms with Crippen molar-refractivity contribution in [3.05, 3.63) is 45.6 Å². The van der Waals surface area contributed by atoms with Crippen LogP contribution in [0.2, 0.25) is 0 Å². The monoisotopic (exact) mass is 344 g/mol. The Morgan fingerprint density at radius 1 is 1.42 bits per heavy atom. The van der Waals surface area contributed by atoms with Crippen LogP contribution in [0.5, 0.6) is 5.75 Å². The summed E-state index contributed by atoms with van der Waals surface area (Å²) in [6.45, 7) is 1.72. The molecule has 0 aliphatic heterocycles. The van der Waals surface area contributed by atoms with E-state index in [1.807, 2.05) is 0 Å². The fourth-order valence-corrected chi connectivity index (χ4v) is 3.54. The molecular weight excluding hydrogens is 328 g/mol. The summed E-state index contributed by atoms with van der Waals surface area (Å²) >= 11 is 1.42. The van der Waals surface area contributed by atoms with Gasteiger partial charge < -0.3 is 15.4 Å². The smallest absolute Gasteiger partial charge is 0.336 e. The molecule has 0 atom stereocenters. The number of fused-ring (bicyclic) bond motifs is 1. The Labute approximate surface area is 141 Å². The molecule has 8 heteroatoms. The molecule has 0 bridgehead atoms. The van der Waals surface area contributed by atoms with Crippen LogP contribution < -0.4 is 11.5 Å². The van der Waals surface area contributed by atoms with E-state index >= 15 is 0 Å². The molecule has 0 radical (unpaired) electrons. The van der Waals surface area contributed by atoms with Crippen molar-refractivity contribution in [2.24, 2.45) is 0 Å². The maximum Gasteiger partial charge on any atom is 0.336 e. The highest BCUT2D eigenvalue weighted by Crippen LogP contribution is 2.39. The Hall–Kier alpha value is -2.48. The number of phenolic OH excluding ortho intramolecular Hbond substituents is 1. The second-order valence-electron chi connectivity index (χ2n) is 5.95. The van der Waals surface area contributed by atoms with Gasteiger partial charge in [0.1, 0.15) is 11.3 Å². The second kappa shape index (κ2) is 5.55. The summed E-state index contributed by atoms with van der Waals surface area (Å²) in [7, 11) is 0. The van der Waals surface area contributed by atoms with Crippen LogP contribution in [-0.2, 0) is 5.75 Å². The van der Waals surface area contributed by atoms with E-state index in [0.29, 0.717) is 28.0 Å². The lowest BCUT2D eigenvalue weighted by Gasteiger charge is -2.08. The molecule has 3 aromatic rings. The van der Waals surface area contributed by atoms with Crippen LogP contribution in [0.25, 0.3) is 11.0 Å². The van der Waals surface area contributed by atoms with Gasteiger partial charge in [-0.15, -0.1) is 10.2 Å². The average molecular weight is 344 g/mol. The molecule has 0 saturated heterocycles. The first-order chi connectivity index (χ1) is 11.5. The number of aromatic nitrogens is 3. The fourth-order valence-electron chi connectivity index (χ4n) is 2.68. The van der Waals surface area contributed by atoms with Crippen molar-refractivity contribution in [3.63, 3.8) is 0 Å². The predicted molar refractivity (Wildman–Crippen MR) is 90.6 cm³/mol. The lowest BCUT2D eigenvalue weighted by Crippen LogP contribution is -2.13. The second-order valence-corrected chi connectivity index (χ2v) is 6.89. The number of hydrogen-bond donors (Lipinski definition) is 2. The molecule has 1 aliphatic carbocycles. The maximum absolute atomic E-state index is 11.8. The van der Waals surface area contributed by atoms with Crippen LogP contribution in [0.15, 0.2) is 32.6 Å². The largest absolute Gasteiger partial charge is 0.508 e. The van der Waals surface area contributed by atoms with Gasteiger partial charge in [0, 0.05) is 28.7 Å². The summed E-state index contributed by atoms with van der Waals surface area (Å²) in [4.78, 5) is 11.8. The van der Waals surface area contributed by atoms with E-state index in [4.69, 9.17) is 10.3 Å². The third-order valence-corrected chi connectivity index (χ3v) is 5.20. The van der Waals surface area contributed by atoms with E-state index in [9.17, 15) is 9.90 Å². The van der Waals surface area contributed by atoms with Gasteiger partial charge in [-0.2, -0.15) is 0 Å². The molecule has 1 aliphatic rings. The molecule has 24 heavy (non-hydrogen) atoms. The minimum Gasteiger partial charge on any atom is -0.508 e. The van der Waals surface area contributed by atoms with Gasteiger partial charge in [0.25, 0.3) is 0 Å². The van der Waals surface area contributed by atoms with Crippen LogP contribution in [0.1, 0.15) is 35.7 Å². The first-order valence-corrected chi connectivity index (χ1v) is 8.61. The third-order valence-electron chi connectivity index (χ3n) is 4.21. The summed E-state index contributed by atoms with van der Waals surface area (Å²) < 4.78 is 6.79. The normalized spacial score (nSPS) is 14.4. The van der Waals surface area contributed by atoms with E-state index < -0.39 is 5.63 Å². The number of aromatic hydroxyl groups is 1. The van der Waals surface area contributed by atoms with Crippen molar-refractivity contribution in [1.82, 2.24) is 14.9 Å². The van der Waals surface area contributed by atoms with Crippen molar-refractivity contribution in [1.29, 1.82) is 0 Å². The lowest BCUT2D eigenvalue weighted by atomic mass is 10.1. The number of nitrogens with zero attached hydrogens (tertiary/aromatic N) is 3. The molecule has 2 aromatic heterocycles. The number of thioether (sulfide) groups is 1. The highest BCUT2D eigenvalue weighted by atomic mass is 32.2. The molecule has 124 valence electrons. The molecule has 4 rings (SSSR count). The van der Waals surface area contributed by atoms with Gasteiger partial charge in [0.05, 0.1) is 0 Å². The van der Waals surface area contributed by atoms with Crippen LogP contribution in [0.3, 0.4) is 0 Å². The molecule has 3 N–H and O–H groups in total. The topological polar surface area (TPSA) is 107 Å². The molecule has 1 saturated carbocycles. The molecule has 7 nitrogen and oxygen atoms in total. The van der Waals surface area contributed by atoms with E-state index in [1.165, 1.54) is 22.5 Å². The molecule has 0 unspecified atom stereocenters. The summed E-state index contributed by atoms with van der Waals surface area (Å²) in [5.41, 5.74) is 1.32. The fraction of sp³-hybridized carbons (Fsp3) is 0.312. The Kier molecular flexibility index (Phi) is 3.49. The van der Waals surface area contributed by atoms with Gasteiger partial charge in [0.2, 0.25) is 5.16 Å². The Morgan fingerprint density at radius 2 is 2.21 bits per heavy atom. The molecule has 1 fully saturated rings. The first-order valence-electron chi connectivity index (χ1n) is 7.63. The Balaban J connectivity index is 1.67. The number of rotatable bonds is 4. The molecule has 0 spiro atoms. The number of nitrogen functional groups attached to an aromatic ring is 1. The van der Waals surface area contributed by atoms with Crippen molar-refractivity contribution in [3.8, 4) is 5.75 Å². The molecule has 2 heterocycles. The van der Waals surface area contributed by atoms with E-state index in [0.717, 1.165) is 29.6 Å². The van der Waals surface area contributed by atoms with Gasteiger partial charge >= 0.3 is 5.63 Å². The highest BCUT2D eigenvalue weighted by molar-refractivity contribution is 7.98. The zero-order valence-corrected chi connectivity index (χ0v) is 13.8. The van der Waals surface area contributed by atoms with Crippen LogP contribution >= 0.6 is 11.8 Å². The molecule has 1 aromatic carbocycles. The van der Waals surface area contributed by atoms with Crippen LogP contribution in [0.4, 0.5) is 0 Å². The SMILES string of the molecule is Cc1c(O)ccc2c(CSc3nnc(C4CC4)n3N)cc(=O)oc12. The zero-order valence-electron chi connectivity index (χ0n) is 13.0. The van der Waals surface area contributed by atoms with E-state index in [2.05, 4.69) is 10.2 Å². The minimum atomic E-state index is -0.445. The van der Waals surface area contributed by atoms with Crippen molar-refractivity contribution < 1.29 is 9.52 Å². The Bertz CT molecular complexity index is 991. The number of hydrogen-bond acceptors (Lipinski definition) is 7. The predicted octanol–water partition coefficient (Wildman–Crippen LogP) is 2.28. The van der Waals surface area contributed by atoms with E-state index in [-0.39, 0.29) is 5.75 Å². The number of aryl methyl sites for hydroxylation is 1. The third kappa shape index (κ3) is 2.52. The van der Waals surface area contributed by atoms with Crippen LogP contribution in [-0.4, -0.2) is 20.0 Å². The lowest BCUT2D eigenvalue weighted by molar-refractivity contribution is 0.468. The summed E-state index contributed by atoms with van der Waals surface area (Å²) in [5.74, 6) is 7.90. The number of nitrogens with two attached hydrogens (primary N) is 1. The highest BCUT2D eigenvalue weighted by Gasteiger charge is 2.29. The first kappa shape index (κ1) is 15.1. The molecular formula is C16H16N4O3S. The van der Waals surface area contributed by atoms with Gasteiger partial charge in [-0.05, 0) is 37.5 Å². The number of benzene rings is 1. The minimum absolute atomic E-state index is 0.103. The summed E-state index contributed by atoms with van der Waals surface area (Å²) in [6, 6.07) is 4.81. The maximum atomic E-state index is 11.8. The van der Waals surface area contributed by atoms with Crippen LogP contribution in [0, 0.1) is 6.92 Å². The van der Waals surface area contributed by atoms with Gasteiger partial charge in [-0.3, -0.25) is 0 Å². The van der Waals surface area contributed by atoms with Crippen molar-refractivity contribution >= 4 is 22.7 Å². The van der Waals surface area contributed by atoms with Gasteiger partial charge in [0.15, 0.2) is 5.82 Å². The number of phenols is 1. The summed E-state index contributed by atoms with van der Waals surface area (Å²) in [6.07, 6.45) is 2.21. The van der Waals surface area contributed by atoms with E-state index in [1.54, 1.807) is 19.1 Å². The molecule has 0 amide bonds. The Morgan fingerprint density at radius 3 is 2.96 bits per heavy atom. The summed E-state index contributed by atoms with van der Waals surface area (Å²) in [5, 5.41) is 19.5. The van der Waals surface area contributed by atoms with Gasteiger partial charge in [-0.25, -0.2) is 9.47 Å². The van der Waals surface area contributed by atoms with Crippen molar-refractivity contribution in [2.45, 2.75) is 36.6 Å². The van der Waals surface area contributed by atoms with Gasteiger partial charge in [-0.1, -0.05) is 11.8 Å². The van der Waals surface area contributed by atoms with Crippen molar-refractivity contribution in [2.75, 3.05) is 5.84 Å². The quantitative estimate of drug-likeness (QED) is 0.425. The standard InChI is InChI=1S/C16H16N4O3S/c1-8-12(21)5-4-11-10(6-13(22)23-14(8)11)7-24-16-19-18-15(20(16)17)9-2-3-9/h4-6,9,21H,2-3,7,17H2,1H3. The zero-order chi connectivity index (χ0) is 16.8.